The Balaban J connectivity index is 1.83. The summed E-state index contributed by atoms with van der Waals surface area (Å²) in [6.07, 6.45) is -0.0147. The number of nitrogens with zero attached hydrogens (tertiary/aromatic N) is 2. The molecule has 3 rings (SSSR count). The normalized spacial score (nSPS) is 12.4. The molecule has 0 unspecified atom stereocenters. The number of carbonyl (C=O) groups is 1. The first-order valence-corrected chi connectivity index (χ1v) is 8.83. The maximum Gasteiger partial charge on any atom is 0.408 e. The van der Waals surface area contributed by atoms with Crippen molar-refractivity contribution in [1.82, 2.24) is 15.5 Å². The van der Waals surface area contributed by atoms with E-state index in [1.165, 1.54) is 0 Å². The fraction of sp³-hybridized carbons (Fsp3) is 0.286. The van der Waals surface area contributed by atoms with Crippen LogP contribution in [0.1, 0.15) is 38.3 Å². The molecule has 27 heavy (non-hydrogen) atoms. The summed E-state index contributed by atoms with van der Waals surface area (Å²) in [5.41, 5.74) is 1.30. The van der Waals surface area contributed by atoms with Crippen molar-refractivity contribution in [1.29, 1.82) is 0 Å². The standard InChI is InChI=1S/C21H23N3O3/c1-21(2,3)26-20(25)22-17(14-15-10-6-4-7-11-15)19-23-18(24-27-19)16-12-8-5-9-13-16/h4-13,17H,14H2,1-3H3,(H,22,25)/t17-/m0/s1. The smallest absolute Gasteiger partial charge is 0.408 e. The van der Waals surface area contributed by atoms with Crippen molar-refractivity contribution < 1.29 is 14.1 Å². The second kappa shape index (κ2) is 8.03. The minimum absolute atomic E-state index is 0.337. The van der Waals surface area contributed by atoms with Gasteiger partial charge in [-0.15, -0.1) is 0 Å². The van der Waals surface area contributed by atoms with Gasteiger partial charge in [0.05, 0.1) is 0 Å². The number of hydrogen-bond donors (Lipinski definition) is 1. The average Bonchev–Trinajstić information content (AvgIpc) is 3.11. The Morgan fingerprint density at radius 1 is 1.07 bits per heavy atom. The fourth-order valence-electron chi connectivity index (χ4n) is 2.58. The summed E-state index contributed by atoms with van der Waals surface area (Å²) in [6.45, 7) is 5.46. The topological polar surface area (TPSA) is 77.2 Å². The largest absolute Gasteiger partial charge is 0.444 e. The Bertz CT molecular complexity index is 870. The summed E-state index contributed by atoms with van der Waals surface area (Å²) >= 11 is 0. The SMILES string of the molecule is CC(C)(C)OC(=O)N[C@@H](Cc1ccccc1)c1nc(-c2ccccc2)no1. The first-order chi connectivity index (χ1) is 12.9. The van der Waals surface area contributed by atoms with Gasteiger partial charge in [-0.25, -0.2) is 4.79 Å². The van der Waals surface area contributed by atoms with E-state index in [2.05, 4.69) is 15.5 Å². The molecule has 140 valence electrons. The summed E-state index contributed by atoms with van der Waals surface area (Å²) in [4.78, 5) is 16.8. The van der Waals surface area contributed by atoms with Crippen LogP contribution in [0.5, 0.6) is 0 Å². The first-order valence-electron chi connectivity index (χ1n) is 8.83. The number of carbonyl (C=O) groups excluding carboxylic acids is 1. The van der Waals surface area contributed by atoms with E-state index < -0.39 is 17.7 Å². The minimum Gasteiger partial charge on any atom is -0.444 e. The lowest BCUT2D eigenvalue weighted by Gasteiger charge is -2.22. The highest BCUT2D eigenvalue weighted by Gasteiger charge is 2.25. The first kappa shape index (κ1) is 18.6. The van der Waals surface area contributed by atoms with Crippen molar-refractivity contribution in [2.75, 3.05) is 0 Å². The zero-order valence-corrected chi connectivity index (χ0v) is 15.7. The van der Waals surface area contributed by atoms with Crippen molar-refractivity contribution in [3.05, 3.63) is 72.1 Å². The lowest BCUT2D eigenvalue weighted by atomic mass is 10.1. The summed E-state index contributed by atoms with van der Waals surface area (Å²) < 4.78 is 10.8. The Labute approximate surface area is 158 Å². The maximum absolute atomic E-state index is 12.3. The molecule has 0 radical (unpaired) electrons. The average molecular weight is 365 g/mol. The number of hydrogen-bond acceptors (Lipinski definition) is 5. The van der Waals surface area contributed by atoms with Crippen molar-refractivity contribution in [2.24, 2.45) is 0 Å². The third-order valence-corrected chi connectivity index (χ3v) is 3.75. The molecule has 3 aromatic rings. The van der Waals surface area contributed by atoms with Gasteiger partial charge in [-0.2, -0.15) is 4.98 Å². The van der Waals surface area contributed by atoms with Gasteiger partial charge in [0.25, 0.3) is 0 Å². The second-order valence-electron chi connectivity index (χ2n) is 7.21. The van der Waals surface area contributed by atoms with Crippen LogP contribution >= 0.6 is 0 Å². The quantitative estimate of drug-likeness (QED) is 0.718. The number of amides is 1. The number of aromatic nitrogens is 2. The summed E-state index contributed by atoms with van der Waals surface area (Å²) in [6, 6.07) is 18.9. The molecule has 6 heteroatoms. The Hall–Kier alpha value is -3.15. The van der Waals surface area contributed by atoms with Crippen molar-refractivity contribution in [3.8, 4) is 11.4 Å². The van der Waals surface area contributed by atoms with E-state index in [1.54, 1.807) is 0 Å². The molecule has 2 aromatic carbocycles. The monoisotopic (exact) mass is 365 g/mol. The summed E-state index contributed by atoms with van der Waals surface area (Å²) in [5.74, 6) is 0.818. The van der Waals surface area contributed by atoms with Crippen molar-refractivity contribution >= 4 is 6.09 Å². The van der Waals surface area contributed by atoms with Crippen LogP contribution < -0.4 is 5.32 Å². The second-order valence-corrected chi connectivity index (χ2v) is 7.21. The Kier molecular flexibility index (Phi) is 5.54. The van der Waals surface area contributed by atoms with Gasteiger partial charge < -0.3 is 14.6 Å². The molecule has 1 N–H and O–H groups in total. The molecule has 6 nitrogen and oxygen atoms in total. The molecule has 1 aromatic heterocycles. The summed E-state index contributed by atoms with van der Waals surface area (Å²) in [7, 11) is 0. The van der Waals surface area contributed by atoms with Crippen LogP contribution in [0.3, 0.4) is 0 Å². The molecule has 0 aliphatic heterocycles. The van der Waals surface area contributed by atoms with Gasteiger partial charge in [-0.05, 0) is 26.3 Å². The predicted molar refractivity (Wildman–Crippen MR) is 102 cm³/mol. The third kappa shape index (κ3) is 5.41. The van der Waals surface area contributed by atoms with Gasteiger partial charge in [0.2, 0.25) is 11.7 Å². The van der Waals surface area contributed by atoms with Gasteiger partial charge in [0.1, 0.15) is 11.6 Å². The highest BCUT2D eigenvalue weighted by atomic mass is 16.6. The lowest BCUT2D eigenvalue weighted by molar-refractivity contribution is 0.0493. The van der Waals surface area contributed by atoms with Gasteiger partial charge in [-0.3, -0.25) is 0 Å². The van der Waals surface area contributed by atoms with E-state index in [4.69, 9.17) is 9.26 Å². The highest BCUT2D eigenvalue weighted by molar-refractivity contribution is 5.68. The Morgan fingerprint density at radius 2 is 1.70 bits per heavy atom. The number of nitrogens with one attached hydrogen (secondary N) is 1. The van der Waals surface area contributed by atoms with Crippen LogP contribution in [0.15, 0.2) is 65.2 Å². The van der Waals surface area contributed by atoms with Crippen molar-refractivity contribution in [3.63, 3.8) is 0 Å². The molecule has 0 spiro atoms. The van der Waals surface area contributed by atoms with E-state index >= 15 is 0 Å². The molecule has 0 saturated carbocycles. The minimum atomic E-state index is -0.592. The number of ether oxygens (including phenoxy) is 1. The molecule has 0 saturated heterocycles. The number of rotatable bonds is 5. The van der Waals surface area contributed by atoms with Gasteiger partial charge in [0, 0.05) is 12.0 Å². The predicted octanol–water partition coefficient (Wildman–Crippen LogP) is 4.55. The number of benzene rings is 2. The molecular weight excluding hydrogens is 342 g/mol. The van der Waals surface area contributed by atoms with Crippen LogP contribution in [-0.4, -0.2) is 21.8 Å². The molecule has 1 atom stereocenters. The van der Waals surface area contributed by atoms with Crippen LogP contribution in [0.25, 0.3) is 11.4 Å². The fourth-order valence-corrected chi connectivity index (χ4v) is 2.58. The van der Waals surface area contributed by atoms with E-state index in [-0.39, 0.29) is 0 Å². The molecular formula is C21H23N3O3. The molecule has 0 aliphatic rings. The zero-order chi connectivity index (χ0) is 19.3. The maximum atomic E-state index is 12.3. The molecule has 0 bridgehead atoms. The lowest BCUT2D eigenvalue weighted by Crippen LogP contribution is -2.36. The molecule has 1 heterocycles. The molecule has 1 amide bonds. The van der Waals surface area contributed by atoms with E-state index in [0.29, 0.717) is 18.1 Å². The number of alkyl carbamates (subject to hydrolysis) is 1. The van der Waals surface area contributed by atoms with Crippen molar-refractivity contribution in [2.45, 2.75) is 38.8 Å². The van der Waals surface area contributed by atoms with Gasteiger partial charge >= 0.3 is 6.09 Å². The highest BCUT2D eigenvalue weighted by Crippen LogP contribution is 2.22. The van der Waals surface area contributed by atoms with E-state index in [9.17, 15) is 4.79 Å². The van der Waals surface area contributed by atoms with E-state index in [1.807, 2.05) is 81.4 Å². The van der Waals surface area contributed by atoms with Crippen LogP contribution in [0, 0.1) is 0 Å². The molecule has 0 aliphatic carbocycles. The van der Waals surface area contributed by atoms with Crippen LogP contribution in [-0.2, 0) is 11.2 Å². The van der Waals surface area contributed by atoms with Crippen LogP contribution in [0.2, 0.25) is 0 Å². The molecule has 0 fully saturated rings. The van der Waals surface area contributed by atoms with E-state index in [0.717, 1.165) is 11.1 Å². The van der Waals surface area contributed by atoms with Gasteiger partial charge in [0.15, 0.2) is 0 Å². The summed E-state index contributed by atoms with van der Waals surface area (Å²) in [5, 5.41) is 6.90. The van der Waals surface area contributed by atoms with Gasteiger partial charge in [-0.1, -0.05) is 65.8 Å². The Morgan fingerprint density at radius 3 is 2.33 bits per heavy atom. The zero-order valence-electron chi connectivity index (χ0n) is 15.7. The third-order valence-electron chi connectivity index (χ3n) is 3.75. The van der Waals surface area contributed by atoms with Crippen LogP contribution in [0.4, 0.5) is 4.79 Å².